The maximum atomic E-state index is 11.5. The molecule has 1 aromatic heterocycles. The number of hydrogen-bond acceptors (Lipinski definition) is 6. The van der Waals surface area contributed by atoms with E-state index in [1.54, 1.807) is 6.92 Å². The molecule has 0 radical (unpaired) electrons. The van der Waals surface area contributed by atoms with Crippen molar-refractivity contribution < 1.29 is 18.3 Å². The topological polar surface area (TPSA) is 120 Å². The quantitative estimate of drug-likeness (QED) is 0.743. The average molecular weight is 301 g/mol. The average Bonchev–Trinajstić information content (AvgIpc) is 2.64. The molecule has 1 fully saturated rings. The first kappa shape index (κ1) is 14.5. The molecule has 1 aromatic rings. The van der Waals surface area contributed by atoms with Crippen molar-refractivity contribution in [3.63, 3.8) is 0 Å². The fraction of sp³-hybridized carbons (Fsp3) is 0.545. The molecule has 20 heavy (non-hydrogen) atoms. The van der Waals surface area contributed by atoms with Gasteiger partial charge in [0.25, 0.3) is 5.56 Å². The van der Waals surface area contributed by atoms with Crippen LogP contribution in [0.3, 0.4) is 0 Å². The van der Waals surface area contributed by atoms with Gasteiger partial charge in [-0.2, -0.15) is 0 Å². The molecule has 0 saturated carbocycles. The maximum Gasteiger partial charge on any atom is 0.323 e. The van der Waals surface area contributed by atoms with E-state index in [2.05, 4.69) is 9.97 Å². The first-order chi connectivity index (χ1) is 9.27. The zero-order chi connectivity index (χ0) is 14.9. The van der Waals surface area contributed by atoms with Gasteiger partial charge in [0, 0.05) is 12.1 Å². The van der Waals surface area contributed by atoms with Crippen LogP contribution in [-0.4, -0.2) is 53.6 Å². The number of aromatic nitrogens is 2. The summed E-state index contributed by atoms with van der Waals surface area (Å²) in [5.74, 6) is -0.655. The molecular weight excluding hydrogens is 286 g/mol. The Bertz CT molecular complexity index is 682. The fourth-order valence-corrected chi connectivity index (χ4v) is 4.01. The molecule has 1 atom stereocenters. The summed E-state index contributed by atoms with van der Waals surface area (Å²) < 4.78 is 23.1. The van der Waals surface area contributed by atoms with Crippen LogP contribution in [0, 0.1) is 6.92 Å². The van der Waals surface area contributed by atoms with E-state index in [1.165, 1.54) is 11.0 Å². The molecule has 1 aliphatic heterocycles. The Balaban J connectivity index is 2.37. The summed E-state index contributed by atoms with van der Waals surface area (Å²) in [6.07, 6.45) is 0.336. The van der Waals surface area contributed by atoms with Crippen LogP contribution >= 0.6 is 0 Å². The van der Waals surface area contributed by atoms with Crippen LogP contribution in [0.1, 0.15) is 12.2 Å². The molecule has 1 unspecified atom stereocenters. The number of anilines is 1. The van der Waals surface area contributed by atoms with Crippen LogP contribution in [0.15, 0.2) is 10.9 Å². The van der Waals surface area contributed by atoms with Crippen LogP contribution in [0.25, 0.3) is 0 Å². The zero-order valence-electron chi connectivity index (χ0n) is 10.9. The molecule has 110 valence electrons. The number of sulfone groups is 1. The lowest BCUT2D eigenvalue weighted by molar-refractivity contribution is -0.135. The number of hydrogen-bond donors (Lipinski definition) is 2. The lowest BCUT2D eigenvalue weighted by atomic mass is 10.2. The largest absolute Gasteiger partial charge is 0.480 e. The molecule has 9 heteroatoms. The van der Waals surface area contributed by atoms with E-state index in [-0.39, 0.29) is 17.3 Å². The van der Waals surface area contributed by atoms with Crippen LogP contribution < -0.4 is 10.5 Å². The Morgan fingerprint density at radius 2 is 2.30 bits per heavy atom. The molecule has 0 bridgehead atoms. The Morgan fingerprint density at radius 3 is 2.80 bits per heavy atom. The molecule has 1 aliphatic rings. The summed E-state index contributed by atoms with van der Waals surface area (Å²) in [4.78, 5) is 30.4. The van der Waals surface area contributed by atoms with Crippen molar-refractivity contribution in [3.05, 3.63) is 22.2 Å². The second-order valence-corrected chi connectivity index (χ2v) is 7.00. The first-order valence-corrected chi connectivity index (χ1v) is 7.86. The van der Waals surface area contributed by atoms with Crippen molar-refractivity contribution in [1.82, 2.24) is 9.97 Å². The highest BCUT2D eigenvalue weighted by molar-refractivity contribution is 7.91. The third-order valence-corrected chi connectivity index (χ3v) is 4.85. The number of aromatic amines is 1. The number of aryl methyl sites for hydroxylation is 1. The van der Waals surface area contributed by atoms with Crippen molar-refractivity contribution in [1.29, 1.82) is 0 Å². The van der Waals surface area contributed by atoms with E-state index in [1.807, 2.05) is 0 Å². The number of carboxylic acid groups (broad SMARTS) is 1. The van der Waals surface area contributed by atoms with Gasteiger partial charge >= 0.3 is 5.97 Å². The minimum absolute atomic E-state index is 0.0238. The third-order valence-electron chi connectivity index (χ3n) is 3.10. The van der Waals surface area contributed by atoms with Gasteiger partial charge in [0.05, 0.1) is 11.5 Å². The van der Waals surface area contributed by atoms with Crippen LogP contribution in [0.2, 0.25) is 0 Å². The van der Waals surface area contributed by atoms with E-state index in [0.29, 0.717) is 12.2 Å². The summed E-state index contributed by atoms with van der Waals surface area (Å²) in [7, 11) is -3.15. The normalized spacial score (nSPS) is 20.8. The minimum Gasteiger partial charge on any atom is -0.480 e. The zero-order valence-corrected chi connectivity index (χ0v) is 11.7. The van der Waals surface area contributed by atoms with Crippen LogP contribution in [0.5, 0.6) is 0 Å². The minimum atomic E-state index is -3.15. The van der Waals surface area contributed by atoms with E-state index >= 15 is 0 Å². The Morgan fingerprint density at radius 1 is 1.60 bits per heavy atom. The second-order valence-electron chi connectivity index (χ2n) is 4.77. The van der Waals surface area contributed by atoms with Gasteiger partial charge < -0.3 is 15.0 Å². The van der Waals surface area contributed by atoms with Gasteiger partial charge in [-0.05, 0) is 13.3 Å². The highest BCUT2D eigenvalue weighted by Crippen LogP contribution is 2.22. The van der Waals surface area contributed by atoms with Gasteiger partial charge in [-0.3, -0.25) is 9.59 Å². The predicted octanol–water partition coefficient (Wildman–Crippen LogP) is -0.844. The molecule has 0 aliphatic carbocycles. The van der Waals surface area contributed by atoms with E-state index < -0.39 is 34.0 Å². The van der Waals surface area contributed by atoms with Crippen molar-refractivity contribution in [2.75, 3.05) is 23.0 Å². The summed E-state index contributed by atoms with van der Waals surface area (Å²) in [6.45, 7) is 1.19. The fourth-order valence-electron chi connectivity index (χ4n) is 2.27. The number of carbonyl (C=O) groups is 1. The molecule has 2 heterocycles. The summed E-state index contributed by atoms with van der Waals surface area (Å²) in [5.41, 5.74) is -0.399. The van der Waals surface area contributed by atoms with Crippen LogP contribution in [0.4, 0.5) is 5.82 Å². The van der Waals surface area contributed by atoms with Gasteiger partial charge in [-0.1, -0.05) is 0 Å². The summed E-state index contributed by atoms with van der Waals surface area (Å²) >= 11 is 0. The molecule has 2 rings (SSSR count). The van der Waals surface area contributed by atoms with E-state index in [9.17, 15) is 18.0 Å². The third kappa shape index (κ3) is 3.35. The van der Waals surface area contributed by atoms with Gasteiger partial charge in [0.15, 0.2) is 9.84 Å². The van der Waals surface area contributed by atoms with Gasteiger partial charge in [0.1, 0.15) is 18.2 Å². The number of rotatable bonds is 4. The van der Waals surface area contributed by atoms with E-state index in [0.717, 1.165) is 0 Å². The Kier molecular flexibility index (Phi) is 3.80. The van der Waals surface area contributed by atoms with Gasteiger partial charge in [0.2, 0.25) is 0 Å². The van der Waals surface area contributed by atoms with Crippen molar-refractivity contribution in [2.24, 2.45) is 0 Å². The SMILES string of the molecule is Cc1nc(N(CC(=O)O)C2CCS(=O)(=O)C2)cc(=O)[nH]1. The van der Waals surface area contributed by atoms with Crippen molar-refractivity contribution >= 4 is 21.6 Å². The van der Waals surface area contributed by atoms with Gasteiger partial charge in [-0.25, -0.2) is 13.4 Å². The Labute approximate surface area is 115 Å². The number of aliphatic carboxylic acids is 1. The Hall–Kier alpha value is -1.90. The van der Waals surface area contributed by atoms with Crippen molar-refractivity contribution in [3.8, 4) is 0 Å². The van der Waals surface area contributed by atoms with Crippen molar-refractivity contribution in [2.45, 2.75) is 19.4 Å². The highest BCUT2D eigenvalue weighted by atomic mass is 32.2. The van der Waals surface area contributed by atoms with E-state index in [4.69, 9.17) is 5.11 Å². The summed E-state index contributed by atoms with van der Waals surface area (Å²) in [6, 6.07) is 0.714. The molecule has 0 aromatic carbocycles. The smallest absolute Gasteiger partial charge is 0.323 e. The number of H-pyrrole nitrogens is 1. The molecular formula is C11H15N3O5S. The lowest BCUT2D eigenvalue weighted by Gasteiger charge is -2.27. The number of nitrogens with one attached hydrogen (secondary N) is 1. The molecule has 2 N–H and O–H groups in total. The van der Waals surface area contributed by atoms with Gasteiger partial charge in [-0.15, -0.1) is 0 Å². The second kappa shape index (κ2) is 5.23. The number of carboxylic acids is 1. The first-order valence-electron chi connectivity index (χ1n) is 6.04. The van der Waals surface area contributed by atoms with Crippen LogP contribution in [-0.2, 0) is 14.6 Å². The number of nitrogens with zero attached hydrogens (tertiary/aromatic N) is 2. The standard InChI is InChI=1S/C11H15N3O5S/c1-7-12-9(4-10(15)13-7)14(5-11(16)17)8-2-3-20(18,19)6-8/h4,8H,2-3,5-6H2,1H3,(H,16,17)(H,12,13,15). The molecule has 0 amide bonds. The molecule has 1 saturated heterocycles. The summed E-state index contributed by atoms with van der Waals surface area (Å²) in [5, 5.41) is 8.97. The lowest BCUT2D eigenvalue weighted by Crippen LogP contribution is -2.41. The highest BCUT2D eigenvalue weighted by Gasteiger charge is 2.34. The molecule has 8 nitrogen and oxygen atoms in total. The maximum absolute atomic E-state index is 11.5. The predicted molar refractivity (Wildman–Crippen MR) is 71.6 cm³/mol. The monoisotopic (exact) mass is 301 g/mol. The molecule has 0 spiro atoms.